The van der Waals surface area contributed by atoms with Crippen LogP contribution in [0.4, 0.5) is 0 Å². The third-order valence-electron chi connectivity index (χ3n) is 3.59. The van der Waals surface area contributed by atoms with Gasteiger partial charge in [-0.15, -0.1) is 23.7 Å². The Hall–Kier alpha value is 0.150. The quantitative estimate of drug-likeness (QED) is 0.903. The van der Waals surface area contributed by atoms with Crippen LogP contribution in [0.3, 0.4) is 0 Å². The number of sulfonamides is 1. The molecule has 1 aliphatic rings. The van der Waals surface area contributed by atoms with Crippen LogP contribution in [0.2, 0.25) is 4.34 Å². The number of thiophene rings is 1. The maximum Gasteiger partial charge on any atom is 0.252 e. The second-order valence-electron chi connectivity index (χ2n) is 5.16. The van der Waals surface area contributed by atoms with Gasteiger partial charge < -0.3 is 5.73 Å². The van der Waals surface area contributed by atoms with E-state index in [-0.39, 0.29) is 18.4 Å². The molecular weight excluding hydrogens is 339 g/mol. The lowest BCUT2D eigenvalue weighted by atomic mass is 9.94. The Morgan fingerprint density at radius 3 is 2.70 bits per heavy atom. The Morgan fingerprint density at radius 2 is 2.20 bits per heavy atom. The summed E-state index contributed by atoms with van der Waals surface area (Å²) in [6.07, 6.45) is 1.71. The minimum Gasteiger partial charge on any atom is -0.329 e. The lowest BCUT2D eigenvalue weighted by Crippen LogP contribution is -2.48. The predicted octanol–water partition coefficient (Wildman–Crippen LogP) is 2.88. The SMILES string of the molecule is Cc1cc(S(=O)(=O)N2CCC(C)CC2CN)sc1Cl.Cl. The largest absolute Gasteiger partial charge is 0.329 e. The Bertz CT molecular complexity index is 540. The number of rotatable bonds is 3. The van der Waals surface area contributed by atoms with Gasteiger partial charge in [-0.25, -0.2) is 8.42 Å². The van der Waals surface area contributed by atoms with Crippen LogP contribution < -0.4 is 5.73 Å². The molecule has 0 radical (unpaired) electrons. The van der Waals surface area contributed by atoms with Crippen LogP contribution in [0, 0.1) is 12.8 Å². The molecule has 2 unspecified atom stereocenters. The molecule has 0 amide bonds. The minimum atomic E-state index is -3.46. The van der Waals surface area contributed by atoms with Crippen molar-refractivity contribution in [1.82, 2.24) is 4.31 Å². The first-order valence-corrected chi connectivity index (χ1v) is 8.97. The summed E-state index contributed by atoms with van der Waals surface area (Å²) in [7, 11) is -3.46. The van der Waals surface area contributed by atoms with Crippen LogP contribution in [0.5, 0.6) is 0 Å². The molecule has 1 aliphatic heterocycles. The van der Waals surface area contributed by atoms with E-state index in [1.54, 1.807) is 10.4 Å². The van der Waals surface area contributed by atoms with Crippen molar-refractivity contribution in [3.8, 4) is 0 Å². The predicted molar refractivity (Wildman–Crippen MR) is 86.4 cm³/mol. The number of halogens is 2. The van der Waals surface area contributed by atoms with E-state index in [0.717, 1.165) is 29.7 Å². The van der Waals surface area contributed by atoms with Crippen molar-refractivity contribution in [1.29, 1.82) is 0 Å². The van der Waals surface area contributed by atoms with Crippen molar-refractivity contribution >= 4 is 45.4 Å². The van der Waals surface area contributed by atoms with Crippen molar-refractivity contribution in [3.05, 3.63) is 16.0 Å². The molecule has 2 N–H and O–H groups in total. The highest BCUT2D eigenvalue weighted by Gasteiger charge is 2.35. The highest BCUT2D eigenvalue weighted by molar-refractivity contribution is 7.91. The van der Waals surface area contributed by atoms with Gasteiger partial charge >= 0.3 is 0 Å². The summed E-state index contributed by atoms with van der Waals surface area (Å²) >= 11 is 7.10. The molecule has 4 nitrogen and oxygen atoms in total. The Morgan fingerprint density at radius 1 is 1.55 bits per heavy atom. The van der Waals surface area contributed by atoms with E-state index in [1.807, 2.05) is 6.92 Å². The first kappa shape index (κ1) is 18.2. The first-order chi connectivity index (χ1) is 8.86. The van der Waals surface area contributed by atoms with E-state index in [2.05, 4.69) is 6.92 Å². The molecule has 116 valence electrons. The van der Waals surface area contributed by atoms with Gasteiger partial charge in [-0.1, -0.05) is 18.5 Å². The van der Waals surface area contributed by atoms with Crippen molar-refractivity contribution < 1.29 is 8.42 Å². The van der Waals surface area contributed by atoms with E-state index in [1.165, 1.54) is 0 Å². The molecule has 0 aromatic carbocycles. The van der Waals surface area contributed by atoms with Gasteiger partial charge in [0.25, 0.3) is 10.0 Å². The second kappa shape index (κ2) is 6.94. The van der Waals surface area contributed by atoms with Crippen molar-refractivity contribution in [2.24, 2.45) is 11.7 Å². The Labute approximate surface area is 135 Å². The lowest BCUT2D eigenvalue weighted by Gasteiger charge is -2.36. The van der Waals surface area contributed by atoms with Gasteiger partial charge in [0.05, 0.1) is 4.34 Å². The highest BCUT2D eigenvalue weighted by atomic mass is 35.5. The van der Waals surface area contributed by atoms with E-state index in [9.17, 15) is 8.42 Å². The van der Waals surface area contributed by atoms with Crippen molar-refractivity contribution in [3.63, 3.8) is 0 Å². The molecule has 0 spiro atoms. The number of nitrogens with zero attached hydrogens (tertiary/aromatic N) is 1. The van der Waals surface area contributed by atoms with Gasteiger partial charge in [0.1, 0.15) is 4.21 Å². The Kier molecular flexibility index (Phi) is 6.32. The highest BCUT2D eigenvalue weighted by Crippen LogP contribution is 2.34. The zero-order valence-corrected chi connectivity index (χ0v) is 14.7. The normalized spacial score (nSPS) is 24.4. The lowest BCUT2D eigenvalue weighted by molar-refractivity contribution is 0.211. The molecule has 8 heteroatoms. The van der Waals surface area contributed by atoms with Gasteiger partial charge in [0.2, 0.25) is 0 Å². The van der Waals surface area contributed by atoms with Crippen LogP contribution in [0.25, 0.3) is 0 Å². The maximum absolute atomic E-state index is 12.7. The third-order valence-corrected chi connectivity index (χ3v) is 7.55. The second-order valence-corrected chi connectivity index (χ2v) is 8.93. The standard InChI is InChI=1S/C12H19ClN2O2S2.ClH/c1-8-3-4-15(10(5-8)7-14)19(16,17)11-6-9(2)12(13)18-11;/h6,8,10H,3-5,7,14H2,1-2H3;1H. The summed E-state index contributed by atoms with van der Waals surface area (Å²) in [6, 6.07) is 1.54. The fourth-order valence-electron chi connectivity index (χ4n) is 2.43. The molecule has 1 fully saturated rings. The summed E-state index contributed by atoms with van der Waals surface area (Å²) in [6.45, 7) is 4.86. The molecule has 2 heterocycles. The number of hydrogen-bond acceptors (Lipinski definition) is 4. The minimum absolute atomic E-state index is 0. The fourth-order valence-corrected chi connectivity index (χ4v) is 5.93. The van der Waals surface area contributed by atoms with Crippen LogP contribution in [-0.4, -0.2) is 31.9 Å². The molecule has 0 saturated carbocycles. The van der Waals surface area contributed by atoms with E-state index < -0.39 is 10.0 Å². The van der Waals surface area contributed by atoms with E-state index in [0.29, 0.717) is 27.6 Å². The average Bonchev–Trinajstić information content (AvgIpc) is 2.70. The number of nitrogens with two attached hydrogens (primary N) is 1. The van der Waals surface area contributed by atoms with Crippen molar-refractivity contribution in [2.45, 2.75) is 36.9 Å². The summed E-state index contributed by atoms with van der Waals surface area (Å²) in [5, 5.41) is 0. The van der Waals surface area contributed by atoms with Gasteiger partial charge in [0, 0.05) is 19.1 Å². The van der Waals surface area contributed by atoms with Crippen LogP contribution >= 0.6 is 35.3 Å². The Balaban J connectivity index is 0.00000200. The van der Waals surface area contributed by atoms with Gasteiger partial charge in [-0.05, 0) is 37.3 Å². The van der Waals surface area contributed by atoms with Crippen LogP contribution in [0.1, 0.15) is 25.3 Å². The summed E-state index contributed by atoms with van der Waals surface area (Å²) in [5.41, 5.74) is 6.54. The molecule has 2 atom stereocenters. The van der Waals surface area contributed by atoms with E-state index in [4.69, 9.17) is 17.3 Å². The topological polar surface area (TPSA) is 63.4 Å². The number of hydrogen-bond donors (Lipinski definition) is 1. The molecule has 1 aromatic rings. The van der Waals surface area contributed by atoms with E-state index >= 15 is 0 Å². The van der Waals surface area contributed by atoms with Gasteiger partial charge in [-0.2, -0.15) is 4.31 Å². The molecular formula is C12H20Cl2N2O2S2. The third kappa shape index (κ3) is 3.48. The summed E-state index contributed by atoms with van der Waals surface area (Å²) in [5.74, 6) is 0.522. The van der Waals surface area contributed by atoms with Crippen LogP contribution in [0.15, 0.2) is 10.3 Å². The fraction of sp³-hybridized carbons (Fsp3) is 0.667. The molecule has 20 heavy (non-hydrogen) atoms. The maximum atomic E-state index is 12.7. The van der Waals surface area contributed by atoms with Crippen molar-refractivity contribution in [2.75, 3.05) is 13.1 Å². The molecule has 2 rings (SSSR count). The molecule has 0 bridgehead atoms. The molecule has 1 aromatic heterocycles. The number of piperidine rings is 1. The number of aryl methyl sites for hydroxylation is 1. The summed E-state index contributed by atoms with van der Waals surface area (Å²) < 4.78 is 27.7. The zero-order valence-electron chi connectivity index (χ0n) is 11.5. The van der Waals surface area contributed by atoms with Crippen LogP contribution in [-0.2, 0) is 10.0 Å². The smallest absolute Gasteiger partial charge is 0.252 e. The molecule has 1 saturated heterocycles. The average molecular weight is 359 g/mol. The summed E-state index contributed by atoms with van der Waals surface area (Å²) in [4.78, 5) is 0. The van der Waals surface area contributed by atoms with Gasteiger partial charge in [0.15, 0.2) is 0 Å². The first-order valence-electron chi connectivity index (χ1n) is 6.34. The zero-order chi connectivity index (χ0) is 14.2. The monoisotopic (exact) mass is 358 g/mol. The molecule has 0 aliphatic carbocycles. The van der Waals surface area contributed by atoms with Gasteiger partial charge in [-0.3, -0.25) is 0 Å².